The molecule has 1 aromatic heterocycles. The van der Waals surface area contributed by atoms with E-state index in [1.807, 2.05) is 6.92 Å². The highest BCUT2D eigenvalue weighted by Crippen LogP contribution is 2.08. The summed E-state index contributed by atoms with van der Waals surface area (Å²) >= 11 is 0. The second-order valence-electron chi connectivity index (χ2n) is 3.19. The second kappa shape index (κ2) is 5.09. The molecular weight excluding hydrogens is 194 g/mol. The van der Waals surface area contributed by atoms with Gasteiger partial charge in [-0.2, -0.15) is 0 Å². The highest BCUT2D eigenvalue weighted by molar-refractivity contribution is 5.90. The molecule has 0 unspecified atom stereocenters. The summed E-state index contributed by atoms with van der Waals surface area (Å²) in [5.74, 6) is -0.785. The summed E-state index contributed by atoms with van der Waals surface area (Å²) in [7, 11) is 0. The van der Waals surface area contributed by atoms with Crippen molar-refractivity contribution >= 4 is 11.8 Å². The Labute approximate surface area is 87.9 Å². The van der Waals surface area contributed by atoms with Gasteiger partial charge in [-0.25, -0.2) is 14.8 Å². The van der Waals surface area contributed by atoms with Crippen LogP contribution in [0.15, 0.2) is 24.5 Å². The van der Waals surface area contributed by atoms with Crippen LogP contribution in [0.25, 0.3) is 0 Å². The molecule has 0 spiro atoms. The first kappa shape index (κ1) is 11.2. The predicted octanol–water partition coefficient (Wildman–Crippen LogP) is 1.55. The Hall–Kier alpha value is -1.91. The maximum Gasteiger partial charge on any atom is 0.358 e. The highest BCUT2D eigenvalue weighted by Gasteiger charge is 2.11. The third-order valence-corrected chi connectivity index (χ3v) is 1.75. The lowest BCUT2D eigenvalue weighted by Crippen LogP contribution is -2.11. The van der Waals surface area contributed by atoms with Crippen LogP contribution < -0.4 is 5.32 Å². The number of anilines is 1. The molecule has 5 heteroatoms. The van der Waals surface area contributed by atoms with E-state index >= 15 is 0 Å². The zero-order valence-corrected chi connectivity index (χ0v) is 8.53. The van der Waals surface area contributed by atoms with Crippen molar-refractivity contribution in [2.45, 2.75) is 13.3 Å². The Morgan fingerprint density at radius 3 is 2.80 bits per heavy atom. The van der Waals surface area contributed by atoms with E-state index in [9.17, 15) is 4.79 Å². The Kier molecular flexibility index (Phi) is 3.79. The minimum atomic E-state index is -1.08. The lowest BCUT2D eigenvalue weighted by Gasteiger charge is -2.06. The van der Waals surface area contributed by atoms with E-state index in [-0.39, 0.29) is 5.69 Å². The van der Waals surface area contributed by atoms with Gasteiger partial charge in [0.15, 0.2) is 11.5 Å². The highest BCUT2D eigenvalue weighted by atomic mass is 16.4. The van der Waals surface area contributed by atoms with Crippen LogP contribution in [0, 0.1) is 0 Å². The summed E-state index contributed by atoms with van der Waals surface area (Å²) in [6.45, 7) is 6.27. The number of carboxylic acid groups (broad SMARTS) is 1. The van der Waals surface area contributed by atoms with Crippen molar-refractivity contribution < 1.29 is 9.90 Å². The van der Waals surface area contributed by atoms with Crippen molar-refractivity contribution in [1.82, 2.24) is 9.97 Å². The molecule has 0 saturated carbocycles. The van der Waals surface area contributed by atoms with Crippen LogP contribution in [0.2, 0.25) is 0 Å². The van der Waals surface area contributed by atoms with Gasteiger partial charge in [0, 0.05) is 18.9 Å². The number of hydrogen-bond donors (Lipinski definition) is 2. The van der Waals surface area contributed by atoms with Gasteiger partial charge in [0.1, 0.15) is 0 Å². The molecule has 0 aromatic carbocycles. The van der Waals surface area contributed by atoms with Crippen LogP contribution in [0.1, 0.15) is 23.8 Å². The van der Waals surface area contributed by atoms with E-state index < -0.39 is 5.97 Å². The van der Waals surface area contributed by atoms with E-state index in [0.29, 0.717) is 12.4 Å². The van der Waals surface area contributed by atoms with Gasteiger partial charge in [0.05, 0.1) is 0 Å². The average molecular weight is 207 g/mol. The number of carbonyl (C=O) groups is 1. The van der Waals surface area contributed by atoms with Crippen LogP contribution in [-0.2, 0) is 0 Å². The standard InChI is InChI=1S/C10H13N3O2/c1-7(2)3-4-12-9-8(10(14)15)11-5-6-13-9/h5-6H,1,3-4H2,2H3,(H,12,13)(H,14,15). The molecule has 0 aliphatic carbocycles. The quantitative estimate of drug-likeness (QED) is 0.716. The van der Waals surface area contributed by atoms with Crippen LogP contribution in [-0.4, -0.2) is 27.6 Å². The summed E-state index contributed by atoms with van der Waals surface area (Å²) in [6.07, 6.45) is 3.58. The Bertz CT molecular complexity index is 377. The fourth-order valence-corrected chi connectivity index (χ4v) is 1.02. The largest absolute Gasteiger partial charge is 0.476 e. The van der Waals surface area contributed by atoms with E-state index in [2.05, 4.69) is 21.9 Å². The number of aromatic nitrogens is 2. The third kappa shape index (κ3) is 3.38. The van der Waals surface area contributed by atoms with Crippen molar-refractivity contribution in [2.24, 2.45) is 0 Å². The summed E-state index contributed by atoms with van der Waals surface area (Å²) < 4.78 is 0. The van der Waals surface area contributed by atoms with E-state index in [1.165, 1.54) is 12.4 Å². The molecular formula is C10H13N3O2. The molecule has 0 amide bonds. The third-order valence-electron chi connectivity index (χ3n) is 1.75. The van der Waals surface area contributed by atoms with Gasteiger partial charge < -0.3 is 10.4 Å². The maximum absolute atomic E-state index is 10.8. The molecule has 1 heterocycles. The Balaban J connectivity index is 2.67. The first-order valence-electron chi connectivity index (χ1n) is 4.54. The fraction of sp³-hybridized carbons (Fsp3) is 0.300. The number of hydrogen-bond acceptors (Lipinski definition) is 4. The molecule has 0 atom stereocenters. The van der Waals surface area contributed by atoms with E-state index in [0.717, 1.165) is 12.0 Å². The molecule has 1 aromatic rings. The lowest BCUT2D eigenvalue weighted by atomic mass is 10.2. The number of aromatic carboxylic acids is 1. The molecule has 0 saturated heterocycles. The number of nitrogens with one attached hydrogen (secondary N) is 1. The monoisotopic (exact) mass is 207 g/mol. The average Bonchev–Trinajstić information content (AvgIpc) is 2.17. The molecule has 0 aliphatic rings. The fourth-order valence-electron chi connectivity index (χ4n) is 1.02. The van der Waals surface area contributed by atoms with Crippen molar-refractivity contribution in [3.63, 3.8) is 0 Å². The molecule has 0 radical (unpaired) electrons. The van der Waals surface area contributed by atoms with Crippen LogP contribution >= 0.6 is 0 Å². The number of rotatable bonds is 5. The number of carboxylic acids is 1. The first-order chi connectivity index (χ1) is 7.11. The van der Waals surface area contributed by atoms with Gasteiger partial charge in [0.25, 0.3) is 0 Å². The molecule has 2 N–H and O–H groups in total. The minimum Gasteiger partial charge on any atom is -0.476 e. The number of nitrogens with zero attached hydrogens (tertiary/aromatic N) is 2. The smallest absolute Gasteiger partial charge is 0.358 e. The summed E-state index contributed by atoms with van der Waals surface area (Å²) in [5.41, 5.74) is 0.975. The van der Waals surface area contributed by atoms with Crippen LogP contribution in [0.5, 0.6) is 0 Å². The lowest BCUT2D eigenvalue weighted by molar-refractivity contribution is 0.0691. The molecule has 80 valence electrons. The molecule has 5 nitrogen and oxygen atoms in total. The SMILES string of the molecule is C=C(C)CCNc1nccnc1C(=O)O. The Morgan fingerprint density at radius 1 is 1.53 bits per heavy atom. The van der Waals surface area contributed by atoms with Crippen LogP contribution in [0.3, 0.4) is 0 Å². The summed E-state index contributed by atoms with van der Waals surface area (Å²) in [6, 6.07) is 0. The van der Waals surface area contributed by atoms with Gasteiger partial charge in [-0.1, -0.05) is 5.57 Å². The van der Waals surface area contributed by atoms with Gasteiger partial charge >= 0.3 is 5.97 Å². The summed E-state index contributed by atoms with van der Waals surface area (Å²) in [4.78, 5) is 18.4. The van der Waals surface area contributed by atoms with E-state index in [4.69, 9.17) is 5.11 Å². The van der Waals surface area contributed by atoms with Crippen molar-refractivity contribution in [2.75, 3.05) is 11.9 Å². The van der Waals surface area contributed by atoms with Gasteiger partial charge in [0.2, 0.25) is 0 Å². The molecule has 15 heavy (non-hydrogen) atoms. The van der Waals surface area contributed by atoms with Crippen molar-refractivity contribution in [3.05, 3.63) is 30.2 Å². The first-order valence-corrected chi connectivity index (χ1v) is 4.54. The minimum absolute atomic E-state index is 0.0563. The maximum atomic E-state index is 10.8. The van der Waals surface area contributed by atoms with Crippen molar-refractivity contribution in [3.8, 4) is 0 Å². The molecule has 0 fully saturated rings. The summed E-state index contributed by atoms with van der Waals surface area (Å²) in [5, 5.41) is 11.7. The van der Waals surface area contributed by atoms with Crippen LogP contribution in [0.4, 0.5) is 5.82 Å². The molecule has 1 rings (SSSR count). The molecule has 0 bridgehead atoms. The Morgan fingerprint density at radius 2 is 2.20 bits per heavy atom. The van der Waals surface area contributed by atoms with Gasteiger partial charge in [-0.3, -0.25) is 0 Å². The van der Waals surface area contributed by atoms with Gasteiger partial charge in [-0.15, -0.1) is 6.58 Å². The van der Waals surface area contributed by atoms with E-state index in [1.54, 1.807) is 0 Å². The zero-order valence-electron chi connectivity index (χ0n) is 8.53. The normalized spacial score (nSPS) is 9.67. The topological polar surface area (TPSA) is 75.1 Å². The van der Waals surface area contributed by atoms with Gasteiger partial charge in [-0.05, 0) is 13.3 Å². The second-order valence-corrected chi connectivity index (χ2v) is 3.19. The molecule has 0 aliphatic heterocycles. The predicted molar refractivity (Wildman–Crippen MR) is 56.9 cm³/mol. The zero-order chi connectivity index (χ0) is 11.3. The van der Waals surface area contributed by atoms with Crippen molar-refractivity contribution in [1.29, 1.82) is 0 Å².